The number of rotatable bonds is 5. The van der Waals surface area contributed by atoms with Crippen molar-refractivity contribution in [2.75, 3.05) is 13.2 Å². The van der Waals surface area contributed by atoms with Gasteiger partial charge in [0.2, 0.25) is 0 Å². The van der Waals surface area contributed by atoms with Crippen LogP contribution in [0.5, 0.6) is 11.5 Å². The van der Waals surface area contributed by atoms with Gasteiger partial charge in [0.05, 0.1) is 6.61 Å². The first-order valence-corrected chi connectivity index (χ1v) is 4.92. The lowest BCUT2D eigenvalue weighted by Crippen LogP contribution is -2.00. The van der Waals surface area contributed by atoms with E-state index in [1.807, 2.05) is 19.1 Å². The first-order valence-electron chi connectivity index (χ1n) is 4.92. The van der Waals surface area contributed by atoms with Crippen LogP contribution in [-0.2, 0) is 6.42 Å². The maximum atomic E-state index is 9.44. The van der Waals surface area contributed by atoms with E-state index in [2.05, 4.69) is 0 Å². The van der Waals surface area contributed by atoms with Crippen LogP contribution in [-0.4, -0.2) is 18.3 Å². The van der Waals surface area contributed by atoms with Crippen LogP contribution < -0.4 is 10.5 Å². The predicted octanol–water partition coefficient (Wildman–Crippen LogP) is 1.68. The molecule has 0 aliphatic heterocycles. The molecule has 3 N–H and O–H groups in total. The lowest BCUT2D eigenvalue weighted by Gasteiger charge is -2.07. The van der Waals surface area contributed by atoms with Gasteiger partial charge in [0.1, 0.15) is 0 Å². The van der Waals surface area contributed by atoms with Gasteiger partial charge in [0.15, 0.2) is 11.5 Å². The fourth-order valence-corrected chi connectivity index (χ4v) is 1.29. The van der Waals surface area contributed by atoms with Gasteiger partial charge in [0, 0.05) is 0 Å². The van der Waals surface area contributed by atoms with Crippen molar-refractivity contribution in [3.05, 3.63) is 23.8 Å². The van der Waals surface area contributed by atoms with Crippen LogP contribution in [0.25, 0.3) is 0 Å². The fourth-order valence-electron chi connectivity index (χ4n) is 1.29. The first-order chi connectivity index (χ1) is 6.77. The van der Waals surface area contributed by atoms with Gasteiger partial charge in [-0.1, -0.05) is 6.07 Å². The van der Waals surface area contributed by atoms with Crippen LogP contribution >= 0.6 is 0 Å². The van der Waals surface area contributed by atoms with Gasteiger partial charge in [-0.2, -0.15) is 0 Å². The zero-order chi connectivity index (χ0) is 10.4. The molecule has 3 heteroatoms. The molecule has 0 aliphatic rings. The molecular weight excluding hydrogens is 178 g/mol. The molecule has 0 amide bonds. The molecule has 3 nitrogen and oxygen atoms in total. The highest BCUT2D eigenvalue weighted by atomic mass is 16.5. The topological polar surface area (TPSA) is 55.5 Å². The minimum atomic E-state index is 0.198. The number of ether oxygens (including phenoxy) is 1. The molecule has 0 saturated heterocycles. The second-order valence-corrected chi connectivity index (χ2v) is 3.13. The third-order valence-corrected chi connectivity index (χ3v) is 1.99. The quantitative estimate of drug-likeness (QED) is 0.751. The van der Waals surface area contributed by atoms with Gasteiger partial charge in [-0.05, 0) is 44.0 Å². The van der Waals surface area contributed by atoms with Crippen LogP contribution in [0.3, 0.4) is 0 Å². The molecule has 0 bridgehead atoms. The Morgan fingerprint density at radius 1 is 1.43 bits per heavy atom. The summed E-state index contributed by atoms with van der Waals surface area (Å²) in [6.07, 6.45) is 1.88. The van der Waals surface area contributed by atoms with Gasteiger partial charge in [-0.15, -0.1) is 0 Å². The number of hydrogen-bond donors (Lipinski definition) is 2. The van der Waals surface area contributed by atoms with Crippen molar-refractivity contribution in [1.82, 2.24) is 0 Å². The van der Waals surface area contributed by atoms with E-state index in [9.17, 15) is 5.11 Å². The lowest BCUT2D eigenvalue weighted by atomic mass is 10.1. The Morgan fingerprint density at radius 2 is 2.21 bits per heavy atom. The normalized spacial score (nSPS) is 10.1. The summed E-state index contributed by atoms with van der Waals surface area (Å²) in [4.78, 5) is 0. The average molecular weight is 195 g/mol. The number of aromatic hydroxyl groups is 1. The number of benzene rings is 1. The maximum Gasteiger partial charge on any atom is 0.161 e. The molecule has 0 aromatic heterocycles. The van der Waals surface area contributed by atoms with Crippen molar-refractivity contribution in [3.63, 3.8) is 0 Å². The highest BCUT2D eigenvalue weighted by Crippen LogP contribution is 2.27. The summed E-state index contributed by atoms with van der Waals surface area (Å²) in [5, 5.41) is 9.44. The Labute approximate surface area is 84.5 Å². The Balaban J connectivity index is 2.72. The van der Waals surface area contributed by atoms with Crippen molar-refractivity contribution in [2.45, 2.75) is 19.8 Å². The zero-order valence-electron chi connectivity index (χ0n) is 8.49. The van der Waals surface area contributed by atoms with E-state index < -0.39 is 0 Å². The predicted molar refractivity (Wildman–Crippen MR) is 56.7 cm³/mol. The maximum absolute atomic E-state index is 9.44. The molecule has 0 fully saturated rings. The zero-order valence-corrected chi connectivity index (χ0v) is 8.49. The van der Waals surface area contributed by atoms with Gasteiger partial charge >= 0.3 is 0 Å². The van der Waals surface area contributed by atoms with E-state index in [0.29, 0.717) is 18.9 Å². The van der Waals surface area contributed by atoms with Crippen molar-refractivity contribution >= 4 is 0 Å². The highest BCUT2D eigenvalue weighted by molar-refractivity contribution is 5.41. The van der Waals surface area contributed by atoms with Crippen molar-refractivity contribution in [2.24, 2.45) is 5.73 Å². The minimum absolute atomic E-state index is 0.198. The lowest BCUT2D eigenvalue weighted by molar-refractivity contribution is 0.317. The molecule has 78 valence electrons. The Hall–Kier alpha value is -1.22. The molecule has 1 aromatic rings. The third-order valence-electron chi connectivity index (χ3n) is 1.99. The molecule has 0 radical (unpaired) electrons. The SMILES string of the molecule is CCOc1cc(CCCN)ccc1O. The molecule has 0 spiro atoms. The van der Waals surface area contributed by atoms with Gasteiger partial charge in [-0.25, -0.2) is 0 Å². The fraction of sp³-hybridized carbons (Fsp3) is 0.455. The summed E-state index contributed by atoms with van der Waals surface area (Å²) in [7, 11) is 0. The monoisotopic (exact) mass is 195 g/mol. The summed E-state index contributed by atoms with van der Waals surface area (Å²) >= 11 is 0. The molecule has 0 unspecified atom stereocenters. The van der Waals surface area contributed by atoms with Crippen LogP contribution in [0, 0.1) is 0 Å². The molecule has 14 heavy (non-hydrogen) atoms. The van der Waals surface area contributed by atoms with Crippen LogP contribution in [0.15, 0.2) is 18.2 Å². The second kappa shape index (κ2) is 5.50. The van der Waals surface area contributed by atoms with Crippen LogP contribution in [0.2, 0.25) is 0 Å². The molecule has 0 aliphatic carbocycles. The number of hydrogen-bond acceptors (Lipinski definition) is 3. The van der Waals surface area contributed by atoms with E-state index in [1.165, 1.54) is 0 Å². The number of aryl methyl sites for hydroxylation is 1. The summed E-state index contributed by atoms with van der Waals surface area (Å²) in [6.45, 7) is 3.14. The van der Waals surface area contributed by atoms with Crippen molar-refractivity contribution < 1.29 is 9.84 Å². The molecular formula is C11H17NO2. The van der Waals surface area contributed by atoms with E-state index in [-0.39, 0.29) is 5.75 Å². The number of nitrogens with two attached hydrogens (primary N) is 1. The molecule has 0 heterocycles. The Morgan fingerprint density at radius 3 is 2.86 bits per heavy atom. The van der Waals surface area contributed by atoms with Gasteiger partial charge < -0.3 is 15.6 Å². The smallest absolute Gasteiger partial charge is 0.161 e. The largest absolute Gasteiger partial charge is 0.504 e. The van der Waals surface area contributed by atoms with Gasteiger partial charge in [-0.3, -0.25) is 0 Å². The second-order valence-electron chi connectivity index (χ2n) is 3.13. The van der Waals surface area contributed by atoms with Gasteiger partial charge in [0.25, 0.3) is 0 Å². The molecule has 0 saturated carbocycles. The summed E-state index contributed by atoms with van der Waals surface area (Å²) in [6, 6.07) is 5.43. The van der Waals surface area contributed by atoms with Crippen LogP contribution in [0.1, 0.15) is 18.9 Å². The van der Waals surface area contributed by atoms with Crippen molar-refractivity contribution in [1.29, 1.82) is 0 Å². The molecule has 1 rings (SSSR count). The Kier molecular flexibility index (Phi) is 4.26. The van der Waals surface area contributed by atoms with E-state index in [4.69, 9.17) is 10.5 Å². The van der Waals surface area contributed by atoms with E-state index >= 15 is 0 Å². The Bertz CT molecular complexity index is 287. The highest BCUT2D eigenvalue weighted by Gasteiger charge is 2.02. The number of phenolic OH excluding ortho intramolecular Hbond substituents is 1. The average Bonchev–Trinajstić information content (AvgIpc) is 2.19. The standard InChI is InChI=1S/C11H17NO2/c1-2-14-11-8-9(4-3-7-12)5-6-10(11)13/h5-6,8,13H,2-4,7,12H2,1H3. The summed E-state index contributed by atoms with van der Waals surface area (Å²) < 4.78 is 5.28. The number of phenols is 1. The van der Waals surface area contributed by atoms with Crippen LogP contribution in [0.4, 0.5) is 0 Å². The minimum Gasteiger partial charge on any atom is -0.504 e. The summed E-state index contributed by atoms with van der Waals surface area (Å²) in [5.74, 6) is 0.755. The molecule has 1 aromatic carbocycles. The van der Waals surface area contributed by atoms with E-state index in [0.717, 1.165) is 18.4 Å². The third kappa shape index (κ3) is 2.92. The molecule has 0 atom stereocenters. The first kappa shape index (κ1) is 10.9. The summed E-state index contributed by atoms with van der Waals surface area (Å²) in [5.41, 5.74) is 6.57. The van der Waals surface area contributed by atoms with E-state index in [1.54, 1.807) is 6.07 Å². The van der Waals surface area contributed by atoms with Crippen molar-refractivity contribution in [3.8, 4) is 11.5 Å².